The molecular formula is C24H34N2O5. The number of nitrogens with one attached hydrogen (secondary N) is 1. The average Bonchev–Trinajstić information content (AvgIpc) is 2.72. The quantitative estimate of drug-likeness (QED) is 0.635. The molecule has 0 radical (unpaired) electrons. The fourth-order valence-corrected chi connectivity index (χ4v) is 4.41. The second-order valence-electron chi connectivity index (χ2n) is 9.41. The molecule has 170 valence electrons. The van der Waals surface area contributed by atoms with E-state index in [2.05, 4.69) is 10.3 Å². The Hall–Kier alpha value is -2.54. The van der Waals surface area contributed by atoms with Gasteiger partial charge in [-0.2, -0.15) is 0 Å². The van der Waals surface area contributed by atoms with Crippen LogP contribution in [0.2, 0.25) is 0 Å². The van der Waals surface area contributed by atoms with E-state index in [0.717, 1.165) is 42.1 Å². The van der Waals surface area contributed by atoms with Crippen molar-refractivity contribution in [3.8, 4) is 11.5 Å². The summed E-state index contributed by atoms with van der Waals surface area (Å²) in [6.45, 7) is 5.59. The molecule has 0 bridgehead atoms. The average molecular weight is 431 g/mol. The van der Waals surface area contributed by atoms with Gasteiger partial charge in [-0.1, -0.05) is 0 Å². The summed E-state index contributed by atoms with van der Waals surface area (Å²) < 4.78 is 10.7. The summed E-state index contributed by atoms with van der Waals surface area (Å²) in [6.07, 6.45) is 5.15. The number of carbonyl (C=O) groups is 1. The van der Waals surface area contributed by atoms with Gasteiger partial charge in [0.25, 0.3) is 0 Å². The molecule has 3 N–H and O–H groups in total. The van der Waals surface area contributed by atoms with E-state index in [1.807, 2.05) is 39.0 Å². The number of aromatic nitrogens is 1. The van der Waals surface area contributed by atoms with Gasteiger partial charge in [-0.15, -0.1) is 0 Å². The lowest BCUT2D eigenvalue weighted by atomic mass is 9.76. The van der Waals surface area contributed by atoms with Gasteiger partial charge in [0.15, 0.2) is 0 Å². The smallest absolute Gasteiger partial charge is 0.407 e. The second kappa shape index (κ2) is 9.73. The Kier molecular flexibility index (Phi) is 7.26. The summed E-state index contributed by atoms with van der Waals surface area (Å²) in [6, 6.07) is 5.69. The van der Waals surface area contributed by atoms with Crippen LogP contribution in [0.4, 0.5) is 4.79 Å². The van der Waals surface area contributed by atoms with Crippen LogP contribution in [0.1, 0.15) is 52.0 Å². The summed E-state index contributed by atoms with van der Waals surface area (Å²) in [4.78, 5) is 16.3. The normalized spacial score (nSPS) is 20.3. The topological polar surface area (TPSA) is 101 Å². The lowest BCUT2D eigenvalue weighted by molar-refractivity contribution is 0.0475. The number of benzene rings is 1. The molecule has 1 aliphatic carbocycles. The van der Waals surface area contributed by atoms with Crippen LogP contribution >= 0.6 is 0 Å². The monoisotopic (exact) mass is 430 g/mol. The zero-order chi connectivity index (χ0) is 22.6. The van der Waals surface area contributed by atoms with Crippen molar-refractivity contribution in [1.29, 1.82) is 0 Å². The minimum absolute atomic E-state index is 0.0187. The molecule has 0 aliphatic heterocycles. The van der Waals surface area contributed by atoms with E-state index < -0.39 is 5.60 Å². The molecule has 7 heteroatoms. The highest BCUT2D eigenvalue weighted by atomic mass is 16.6. The van der Waals surface area contributed by atoms with Crippen LogP contribution in [-0.4, -0.2) is 46.6 Å². The number of amides is 1. The van der Waals surface area contributed by atoms with Crippen LogP contribution in [0, 0.1) is 11.8 Å². The fourth-order valence-electron chi connectivity index (χ4n) is 4.41. The maximum absolute atomic E-state index is 12.0. The Morgan fingerprint density at radius 2 is 1.97 bits per heavy atom. The molecule has 1 aliphatic rings. The van der Waals surface area contributed by atoms with E-state index in [1.165, 1.54) is 6.20 Å². The highest BCUT2D eigenvalue weighted by Gasteiger charge is 2.30. The zero-order valence-corrected chi connectivity index (χ0v) is 18.9. The summed E-state index contributed by atoms with van der Waals surface area (Å²) in [7, 11) is 1.61. The van der Waals surface area contributed by atoms with Crippen LogP contribution in [0.25, 0.3) is 10.9 Å². The van der Waals surface area contributed by atoms with Gasteiger partial charge >= 0.3 is 6.09 Å². The number of alkyl carbamates (subject to hydrolysis) is 1. The summed E-state index contributed by atoms with van der Waals surface area (Å²) in [5.74, 6) is 1.18. The molecule has 1 atom stereocenters. The highest BCUT2D eigenvalue weighted by molar-refractivity contribution is 5.85. The van der Waals surface area contributed by atoms with E-state index in [9.17, 15) is 15.0 Å². The van der Waals surface area contributed by atoms with Crippen molar-refractivity contribution < 1.29 is 24.5 Å². The fraction of sp³-hybridized carbons (Fsp3) is 0.583. The number of carbonyl (C=O) groups excluding carboxylic acids is 1. The van der Waals surface area contributed by atoms with Crippen molar-refractivity contribution in [2.24, 2.45) is 11.8 Å². The van der Waals surface area contributed by atoms with E-state index in [1.54, 1.807) is 7.11 Å². The van der Waals surface area contributed by atoms with Crippen LogP contribution in [0.3, 0.4) is 0 Å². The molecule has 1 saturated carbocycles. The molecule has 2 aromatic rings. The maximum Gasteiger partial charge on any atom is 0.407 e. The number of aliphatic hydroxyl groups is 1. The SMILES string of the molecule is COc1ccc2ncc(O)c(CC(CO)C3CCC(NC(=O)OC(C)(C)C)CC3)c2c1. The standard InChI is InChI=1S/C24H34N2O5/c1-24(2,3)31-23(29)26-17-7-5-15(6-8-17)16(14-27)11-20-19-12-18(30-4)9-10-21(19)25-13-22(20)28/h9-10,12-13,15-17,27-28H,5-8,11,14H2,1-4H3,(H,26,29). The first-order valence-electron chi connectivity index (χ1n) is 10.9. The number of aromatic hydroxyl groups is 1. The number of hydrogen-bond acceptors (Lipinski definition) is 6. The van der Waals surface area contributed by atoms with Crippen molar-refractivity contribution >= 4 is 17.0 Å². The van der Waals surface area contributed by atoms with E-state index in [4.69, 9.17) is 9.47 Å². The van der Waals surface area contributed by atoms with Gasteiger partial charge < -0.3 is 25.0 Å². The molecule has 31 heavy (non-hydrogen) atoms. The van der Waals surface area contributed by atoms with Gasteiger partial charge in [-0.05, 0) is 82.9 Å². The van der Waals surface area contributed by atoms with Crippen molar-refractivity contribution in [3.05, 3.63) is 30.0 Å². The molecule has 1 heterocycles. The molecule has 3 rings (SSSR count). The number of aliphatic hydroxyl groups excluding tert-OH is 1. The molecule has 1 amide bonds. The summed E-state index contributed by atoms with van der Waals surface area (Å²) in [5.41, 5.74) is 1.06. The van der Waals surface area contributed by atoms with Gasteiger partial charge in [0, 0.05) is 23.6 Å². The van der Waals surface area contributed by atoms with Crippen LogP contribution in [-0.2, 0) is 11.2 Å². The Balaban J connectivity index is 1.66. The van der Waals surface area contributed by atoms with E-state index in [-0.39, 0.29) is 30.4 Å². The molecule has 1 fully saturated rings. The van der Waals surface area contributed by atoms with Crippen molar-refractivity contribution in [2.75, 3.05) is 13.7 Å². The predicted molar refractivity (Wildman–Crippen MR) is 119 cm³/mol. The first-order chi connectivity index (χ1) is 14.7. The number of nitrogens with zero attached hydrogens (tertiary/aromatic N) is 1. The first kappa shape index (κ1) is 23.1. The Bertz CT molecular complexity index is 901. The zero-order valence-electron chi connectivity index (χ0n) is 18.9. The molecular weight excluding hydrogens is 396 g/mol. The minimum atomic E-state index is -0.513. The molecule has 1 aromatic carbocycles. The van der Waals surface area contributed by atoms with E-state index in [0.29, 0.717) is 18.1 Å². The predicted octanol–water partition coefficient (Wildman–Crippen LogP) is 4.18. The largest absolute Gasteiger partial charge is 0.506 e. The van der Waals surface area contributed by atoms with Gasteiger partial charge in [-0.3, -0.25) is 4.98 Å². The minimum Gasteiger partial charge on any atom is -0.506 e. The number of rotatable bonds is 6. The Labute approximate surface area is 183 Å². The third kappa shape index (κ3) is 6.00. The van der Waals surface area contributed by atoms with Crippen molar-refractivity contribution in [2.45, 2.75) is 64.5 Å². The van der Waals surface area contributed by atoms with Gasteiger partial charge in [0.1, 0.15) is 17.1 Å². The van der Waals surface area contributed by atoms with Gasteiger partial charge in [-0.25, -0.2) is 4.79 Å². The third-order valence-corrected chi connectivity index (χ3v) is 6.02. The maximum atomic E-state index is 12.0. The lowest BCUT2D eigenvalue weighted by Crippen LogP contribution is -2.41. The molecule has 1 unspecified atom stereocenters. The summed E-state index contributed by atoms with van der Waals surface area (Å²) in [5, 5.41) is 24.4. The molecule has 0 spiro atoms. The van der Waals surface area contributed by atoms with Crippen LogP contribution in [0.15, 0.2) is 24.4 Å². The Morgan fingerprint density at radius 1 is 1.26 bits per heavy atom. The highest BCUT2D eigenvalue weighted by Crippen LogP contribution is 2.36. The van der Waals surface area contributed by atoms with Crippen LogP contribution in [0.5, 0.6) is 11.5 Å². The van der Waals surface area contributed by atoms with Gasteiger partial charge in [0.05, 0.1) is 18.8 Å². The molecule has 7 nitrogen and oxygen atoms in total. The molecule has 0 saturated heterocycles. The lowest BCUT2D eigenvalue weighted by Gasteiger charge is -2.34. The van der Waals surface area contributed by atoms with Crippen LogP contribution < -0.4 is 10.1 Å². The van der Waals surface area contributed by atoms with Gasteiger partial charge in [0.2, 0.25) is 0 Å². The number of ether oxygens (including phenoxy) is 2. The third-order valence-electron chi connectivity index (χ3n) is 6.02. The summed E-state index contributed by atoms with van der Waals surface area (Å²) >= 11 is 0. The number of pyridine rings is 1. The van der Waals surface area contributed by atoms with E-state index >= 15 is 0 Å². The second-order valence-corrected chi connectivity index (χ2v) is 9.41. The number of fused-ring (bicyclic) bond motifs is 1. The molecule has 1 aromatic heterocycles. The first-order valence-corrected chi connectivity index (χ1v) is 10.9. The van der Waals surface area contributed by atoms with Crippen molar-refractivity contribution in [1.82, 2.24) is 10.3 Å². The number of hydrogen-bond donors (Lipinski definition) is 3. The van der Waals surface area contributed by atoms with Crippen molar-refractivity contribution in [3.63, 3.8) is 0 Å². The number of methoxy groups -OCH3 is 1. The Morgan fingerprint density at radius 3 is 2.58 bits per heavy atom.